The fourth-order valence-corrected chi connectivity index (χ4v) is 1.88. The van der Waals surface area contributed by atoms with E-state index in [1.165, 1.54) is 6.07 Å². The van der Waals surface area contributed by atoms with E-state index in [-0.39, 0.29) is 16.9 Å². The Balaban J connectivity index is 2.67. The third-order valence-corrected chi connectivity index (χ3v) is 2.90. The van der Waals surface area contributed by atoms with Crippen molar-refractivity contribution < 1.29 is 4.39 Å². The molecule has 1 rings (SSSR count). The lowest BCUT2D eigenvalue weighted by atomic mass is 10.0. The highest BCUT2D eigenvalue weighted by Crippen LogP contribution is 2.23. The van der Waals surface area contributed by atoms with Crippen LogP contribution in [0.4, 0.5) is 4.39 Å². The zero-order valence-corrected chi connectivity index (χ0v) is 10.4. The summed E-state index contributed by atoms with van der Waals surface area (Å²) in [6, 6.07) is 5.12. The number of benzene rings is 1. The summed E-state index contributed by atoms with van der Waals surface area (Å²) >= 11 is 5.76. The lowest BCUT2D eigenvalue weighted by Gasteiger charge is -2.16. The second-order valence-corrected chi connectivity index (χ2v) is 4.17. The highest BCUT2D eigenvalue weighted by molar-refractivity contribution is 6.30. The van der Waals surface area contributed by atoms with Gasteiger partial charge in [0.25, 0.3) is 0 Å². The Kier molecular flexibility index (Phi) is 5.74. The van der Waals surface area contributed by atoms with Gasteiger partial charge in [-0.05, 0) is 51.2 Å². The third kappa shape index (κ3) is 3.74. The van der Waals surface area contributed by atoms with Crippen molar-refractivity contribution in [3.63, 3.8) is 0 Å². The quantitative estimate of drug-likeness (QED) is 0.752. The molecule has 0 aliphatic carbocycles. The minimum atomic E-state index is -0.365. The van der Waals surface area contributed by atoms with Gasteiger partial charge in [0.1, 0.15) is 5.82 Å². The number of rotatable bonds is 6. The largest absolute Gasteiger partial charge is 0.320 e. The molecule has 1 aromatic rings. The summed E-state index contributed by atoms with van der Waals surface area (Å²) in [5.74, 6) is -0.365. The lowest BCUT2D eigenvalue weighted by Crippen LogP contribution is -2.18. The van der Waals surface area contributed by atoms with E-state index in [1.807, 2.05) is 14.1 Å². The molecule has 0 fully saturated rings. The molecule has 0 aromatic heterocycles. The second kappa shape index (κ2) is 6.84. The molecular formula is C12H18ClFN2. The SMILES string of the molecule is CNCCCC(NC)c1ccc(F)c(Cl)c1. The van der Waals surface area contributed by atoms with Gasteiger partial charge in [0.15, 0.2) is 0 Å². The van der Waals surface area contributed by atoms with Crippen LogP contribution in [-0.2, 0) is 0 Å². The molecule has 0 bridgehead atoms. The van der Waals surface area contributed by atoms with Gasteiger partial charge in [-0.1, -0.05) is 17.7 Å². The first-order valence-electron chi connectivity index (χ1n) is 5.46. The molecule has 2 nitrogen and oxygen atoms in total. The number of hydrogen-bond donors (Lipinski definition) is 2. The predicted octanol–water partition coefficient (Wildman–Crippen LogP) is 2.74. The molecule has 0 aliphatic rings. The summed E-state index contributed by atoms with van der Waals surface area (Å²) in [6.07, 6.45) is 2.07. The fraction of sp³-hybridized carbons (Fsp3) is 0.500. The van der Waals surface area contributed by atoms with Crippen molar-refractivity contribution in [3.05, 3.63) is 34.6 Å². The van der Waals surface area contributed by atoms with Gasteiger partial charge < -0.3 is 10.6 Å². The fourth-order valence-electron chi connectivity index (χ4n) is 1.69. The van der Waals surface area contributed by atoms with E-state index in [4.69, 9.17) is 11.6 Å². The third-order valence-electron chi connectivity index (χ3n) is 2.61. The van der Waals surface area contributed by atoms with Crippen LogP contribution in [0.15, 0.2) is 18.2 Å². The van der Waals surface area contributed by atoms with Crippen molar-refractivity contribution in [2.45, 2.75) is 18.9 Å². The molecule has 0 radical (unpaired) electrons. The summed E-state index contributed by atoms with van der Waals surface area (Å²) in [4.78, 5) is 0. The highest BCUT2D eigenvalue weighted by Gasteiger charge is 2.10. The standard InChI is InChI=1S/C12H18ClFN2/c1-15-7-3-4-12(16-2)9-5-6-11(14)10(13)8-9/h5-6,8,12,15-16H,3-4,7H2,1-2H3. The first kappa shape index (κ1) is 13.4. The molecule has 4 heteroatoms. The Morgan fingerprint density at radius 2 is 2.12 bits per heavy atom. The van der Waals surface area contributed by atoms with Gasteiger partial charge >= 0.3 is 0 Å². The molecule has 0 saturated carbocycles. The molecule has 1 atom stereocenters. The lowest BCUT2D eigenvalue weighted by molar-refractivity contribution is 0.517. The summed E-state index contributed by atoms with van der Waals surface area (Å²) in [7, 11) is 3.84. The van der Waals surface area contributed by atoms with Crippen LogP contribution >= 0.6 is 11.6 Å². The van der Waals surface area contributed by atoms with Crippen molar-refractivity contribution in [1.29, 1.82) is 0 Å². The predicted molar refractivity (Wildman–Crippen MR) is 66.4 cm³/mol. The Morgan fingerprint density at radius 3 is 2.69 bits per heavy atom. The van der Waals surface area contributed by atoms with Crippen LogP contribution in [-0.4, -0.2) is 20.6 Å². The van der Waals surface area contributed by atoms with Crippen molar-refractivity contribution in [3.8, 4) is 0 Å². The van der Waals surface area contributed by atoms with Crippen LogP contribution in [0.3, 0.4) is 0 Å². The molecule has 0 spiro atoms. The number of halogens is 2. The van der Waals surface area contributed by atoms with Gasteiger partial charge in [-0.2, -0.15) is 0 Å². The van der Waals surface area contributed by atoms with E-state index in [9.17, 15) is 4.39 Å². The molecule has 1 aromatic carbocycles. The van der Waals surface area contributed by atoms with Gasteiger partial charge in [-0.3, -0.25) is 0 Å². The van der Waals surface area contributed by atoms with Gasteiger partial charge in [-0.25, -0.2) is 4.39 Å². The van der Waals surface area contributed by atoms with E-state index >= 15 is 0 Å². The average molecular weight is 245 g/mol. The van der Waals surface area contributed by atoms with Crippen molar-refractivity contribution >= 4 is 11.6 Å². The smallest absolute Gasteiger partial charge is 0.141 e. The van der Waals surface area contributed by atoms with Crippen molar-refractivity contribution in [1.82, 2.24) is 10.6 Å². The maximum absolute atomic E-state index is 13.0. The van der Waals surface area contributed by atoms with E-state index in [0.29, 0.717) is 0 Å². The van der Waals surface area contributed by atoms with Crippen LogP contribution in [0.2, 0.25) is 5.02 Å². The first-order chi connectivity index (χ1) is 7.69. The summed E-state index contributed by atoms with van der Waals surface area (Å²) in [5, 5.41) is 6.51. The van der Waals surface area contributed by atoms with Gasteiger partial charge in [-0.15, -0.1) is 0 Å². The minimum Gasteiger partial charge on any atom is -0.320 e. The summed E-state index contributed by atoms with van der Waals surface area (Å²) in [6.45, 7) is 0.979. The van der Waals surface area contributed by atoms with Gasteiger partial charge in [0.2, 0.25) is 0 Å². The van der Waals surface area contributed by atoms with E-state index < -0.39 is 0 Å². The molecular weight excluding hydrogens is 227 g/mol. The minimum absolute atomic E-state index is 0.186. The topological polar surface area (TPSA) is 24.1 Å². The van der Waals surface area contributed by atoms with E-state index in [0.717, 1.165) is 24.9 Å². The molecule has 0 aliphatic heterocycles. The van der Waals surface area contributed by atoms with Crippen LogP contribution in [0.25, 0.3) is 0 Å². The Bertz CT molecular complexity index is 331. The molecule has 0 amide bonds. The maximum atomic E-state index is 13.0. The van der Waals surface area contributed by atoms with E-state index in [1.54, 1.807) is 12.1 Å². The molecule has 0 saturated heterocycles. The van der Waals surface area contributed by atoms with Gasteiger partial charge in [0, 0.05) is 6.04 Å². The van der Waals surface area contributed by atoms with Gasteiger partial charge in [0.05, 0.1) is 5.02 Å². The van der Waals surface area contributed by atoms with Crippen molar-refractivity contribution in [2.24, 2.45) is 0 Å². The Hall–Kier alpha value is -0.640. The van der Waals surface area contributed by atoms with E-state index in [2.05, 4.69) is 10.6 Å². The molecule has 16 heavy (non-hydrogen) atoms. The molecule has 90 valence electrons. The van der Waals surface area contributed by atoms with Crippen LogP contribution in [0.5, 0.6) is 0 Å². The Morgan fingerprint density at radius 1 is 1.38 bits per heavy atom. The average Bonchev–Trinajstić information content (AvgIpc) is 2.29. The van der Waals surface area contributed by atoms with Crippen LogP contribution < -0.4 is 10.6 Å². The Labute approximate surface area is 101 Å². The maximum Gasteiger partial charge on any atom is 0.141 e. The summed E-state index contributed by atoms with van der Waals surface area (Å²) < 4.78 is 13.0. The van der Waals surface area contributed by atoms with Crippen LogP contribution in [0.1, 0.15) is 24.4 Å². The highest BCUT2D eigenvalue weighted by atomic mass is 35.5. The zero-order valence-electron chi connectivity index (χ0n) is 9.69. The number of nitrogens with one attached hydrogen (secondary N) is 2. The molecule has 0 heterocycles. The summed E-state index contributed by atoms with van der Waals surface area (Å²) in [5.41, 5.74) is 1.03. The molecule has 2 N–H and O–H groups in total. The normalized spacial score (nSPS) is 12.8. The van der Waals surface area contributed by atoms with Crippen molar-refractivity contribution in [2.75, 3.05) is 20.6 Å². The zero-order chi connectivity index (χ0) is 12.0. The van der Waals surface area contributed by atoms with Crippen LogP contribution in [0, 0.1) is 5.82 Å². The monoisotopic (exact) mass is 244 g/mol. The first-order valence-corrected chi connectivity index (χ1v) is 5.83. The number of hydrogen-bond acceptors (Lipinski definition) is 2. The second-order valence-electron chi connectivity index (χ2n) is 3.76. The molecule has 1 unspecified atom stereocenters.